The zero-order valence-electron chi connectivity index (χ0n) is 36.7. The molecule has 0 N–H and O–H groups in total. The maximum atomic E-state index is 12.7. The van der Waals surface area contributed by atoms with Crippen molar-refractivity contribution in [1.29, 1.82) is 0 Å². The molecule has 0 aliphatic carbocycles. The Hall–Kier alpha value is -2.11. The number of allylic oxidation sites excluding steroid dienone is 4. The smallest absolute Gasteiger partial charge is 0.306 e. The fraction of sp³-hybridized carbons (Fsp3) is 0.857. The van der Waals surface area contributed by atoms with Crippen molar-refractivity contribution in [3.8, 4) is 0 Å². The van der Waals surface area contributed by atoms with Crippen molar-refractivity contribution in [2.75, 3.05) is 13.2 Å². The maximum absolute atomic E-state index is 12.7. The van der Waals surface area contributed by atoms with Gasteiger partial charge in [-0.1, -0.05) is 206 Å². The van der Waals surface area contributed by atoms with Crippen molar-refractivity contribution < 1.29 is 28.6 Å². The van der Waals surface area contributed by atoms with Crippen LogP contribution in [-0.2, 0) is 28.6 Å². The Balaban J connectivity index is 4.35. The average Bonchev–Trinajstić information content (AvgIpc) is 3.18. The molecule has 322 valence electrons. The zero-order chi connectivity index (χ0) is 40.1. The summed E-state index contributed by atoms with van der Waals surface area (Å²) in [4.78, 5) is 37.7. The van der Waals surface area contributed by atoms with Gasteiger partial charge < -0.3 is 14.2 Å². The molecule has 6 nitrogen and oxygen atoms in total. The highest BCUT2D eigenvalue weighted by Crippen LogP contribution is 2.15. The van der Waals surface area contributed by atoms with Crippen LogP contribution in [0.15, 0.2) is 24.3 Å². The van der Waals surface area contributed by atoms with Gasteiger partial charge in [0, 0.05) is 19.3 Å². The molecule has 6 heteroatoms. The van der Waals surface area contributed by atoms with Gasteiger partial charge in [0.15, 0.2) is 6.10 Å². The molecule has 0 bridgehead atoms. The third-order valence-electron chi connectivity index (χ3n) is 10.5. The molecule has 0 rings (SSSR count). The van der Waals surface area contributed by atoms with E-state index in [0.717, 1.165) is 77.0 Å². The van der Waals surface area contributed by atoms with Gasteiger partial charge >= 0.3 is 17.9 Å². The number of hydrogen-bond acceptors (Lipinski definition) is 6. The molecule has 0 heterocycles. The Morgan fingerprint density at radius 2 is 0.655 bits per heavy atom. The molecule has 0 unspecified atom stereocenters. The first kappa shape index (κ1) is 52.9. The fourth-order valence-corrected chi connectivity index (χ4v) is 6.82. The van der Waals surface area contributed by atoms with E-state index in [-0.39, 0.29) is 31.1 Å². The lowest BCUT2D eigenvalue weighted by molar-refractivity contribution is -0.167. The van der Waals surface area contributed by atoms with E-state index in [1.807, 2.05) is 0 Å². The molecule has 0 saturated carbocycles. The molecule has 0 aliphatic rings. The first-order valence-electron chi connectivity index (χ1n) is 23.8. The molecule has 0 aromatic carbocycles. The predicted molar refractivity (Wildman–Crippen MR) is 233 cm³/mol. The molecule has 0 radical (unpaired) electrons. The van der Waals surface area contributed by atoms with Crippen LogP contribution in [-0.4, -0.2) is 37.2 Å². The maximum Gasteiger partial charge on any atom is 0.306 e. The summed E-state index contributed by atoms with van der Waals surface area (Å²) < 4.78 is 16.7. The molecule has 0 fully saturated rings. The van der Waals surface area contributed by atoms with Crippen LogP contribution in [0.5, 0.6) is 0 Å². The minimum absolute atomic E-state index is 0.0717. The molecule has 0 aromatic rings. The van der Waals surface area contributed by atoms with Crippen molar-refractivity contribution in [3.63, 3.8) is 0 Å². The largest absolute Gasteiger partial charge is 0.462 e. The van der Waals surface area contributed by atoms with E-state index >= 15 is 0 Å². The highest BCUT2D eigenvalue weighted by molar-refractivity contribution is 5.71. The van der Waals surface area contributed by atoms with Gasteiger partial charge in [-0.15, -0.1) is 0 Å². The number of carbonyl (C=O) groups is 3. The van der Waals surface area contributed by atoms with Gasteiger partial charge in [0.1, 0.15) is 13.2 Å². The first-order valence-corrected chi connectivity index (χ1v) is 23.8. The lowest BCUT2D eigenvalue weighted by atomic mass is 10.0. The van der Waals surface area contributed by atoms with Crippen molar-refractivity contribution in [3.05, 3.63) is 24.3 Å². The summed E-state index contributed by atoms with van der Waals surface area (Å²) in [5.41, 5.74) is 0. The van der Waals surface area contributed by atoms with Crippen LogP contribution >= 0.6 is 0 Å². The molecular formula is C49H90O6. The predicted octanol–water partition coefficient (Wildman–Crippen LogP) is 15.2. The molecule has 0 aliphatic heterocycles. The third-order valence-corrected chi connectivity index (χ3v) is 10.5. The van der Waals surface area contributed by atoms with Gasteiger partial charge in [0.25, 0.3) is 0 Å². The summed E-state index contributed by atoms with van der Waals surface area (Å²) in [7, 11) is 0. The molecule has 55 heavy (non-hydrogen) atoms. The normalized spacial score (nSPS) is 12.1. The first-order chi connectivity index (χ1) is 27.0. The molecule has 0 spiro atoms. The number of unbranched alkanes of at least 4 members (excludes halogenated alkanes) is 28. The van der Waals surface area contributed by atoms with Crippen LogP contribution in [0.3, 0.4) is 0 Å². The van der Waals surface area contributed by atoms with Crippen molar-refractivity contribution in [1.82, 2.24) is 0 Å². The van der Waals surface area contributed by atoms with Gasteiger partial charge in [0.05, 0.1) is 0 Å². The lowest BCUT2D eigenvalue weighted by Crippen LogP contribution is -2.30. The number of ether oxygens (including phenoxy) is 3. The molecule has 0 saturated heterocycles. The van der Waals surface area contributed by atoms with E-state index in [1.165, 1.54) is 135 Å². The highest BCUT2D eigenvalue weighted by Gasteiger charge is 2.19. The van der Waals surface area contributed by atoms with Gasteiger partial charge in [-0.05, 0) is 51.4 Å². The van der Waals surface area contributed by atoms with E-state index in [0.29, 0.717) is 19.3 Å². The summed E-state index contributed by atoms with van der Waals surface area (Å²) in [6.07, 6.45) is 48.7. The van der Waals surface area contributed by atoms with Crippen LogP contribution < -0.4 is 0 Å². The second-order valence-corrected chi connectivity index (χ2v) is 16.0. The standard InChI is InChI=1S/C49H90O6/c1-4-7-10-13-16-19-22-24-25-26-28-30-33-36-39-42-48(51)54-45-46(44-53-47(50)41-38-35-32-29-21-18-15-12-9-6-3)55-49(52)43-40-37-34-31-27-23-20-17-14-11-8-5-2/h16,19,24-25,46H,4-15,17-18,20-23,26-45H2,1-3H3/b19-16-,25-24-/t46-/m1/s1. The van der Waals surface area contributed by atoms with Crippen LogP contribution in [0.1, 0.15) is 252 Å². The Bertz CT molecular complexity index is 896. The third kappa shape index (κ3) is 42.9. The number of esters is 3. The second kappa shape index (κ2) is 44.6. The minimum atomic E-state index is -0.768. The molecule has 1 atom stereocenters. The van der Waals surface area contributed by atoms with E-state index in [9.17, 15) is 14.4 Å². The summed E-state index contributed by atoms with van der Waals surface area (Å²) in [6.45, 7) is 6.59. The topological polar surface area (TPSA) is 78.9 Å². The average molecular weight is 775 g/mol. The lowest BCUT2D eigenvalue weighted by Gasteiger charge is -2.18. The minimum Gasteiger partial charge on any atom is -0.462 e. The SMILES string of the molecule is CCCCC/C=C\C/C=C\CCCCCCCC(=O)OC[C@@H](COC(=O)CCCCCCCCCCCC)OC(=O)CCCCCCCCCCCCCC. The highest BCUT2D eigenvalue weighted by atomic mass is 16.6. The summed E-state index contributed by atoms with van der Waals surface area (Å²) in [5.74, 6) is -0.880. The fourth-order valence-electron chi connectivity index (χ4n) is 6.82. The quantitative estimate of drug-likeness (QED) is 0.0266. The van der Waals surface area contributed by atoms with Crippen LogP contribution in [0, 0.1) is 0 Å². The number of carbonyl (C=O) groups excluding carboxylic acids is 3. The Morgan fingerprint density at radius 3 is 1.04 bits per heavy atom. The summed E-state index contributed by atoms with van der Waals surface area (Å²) in [5, 5.41) is 0. The number of rotatable bonds is 43. The van der Waals surface area contributed by atoms with Crippen molar-refractivity contribution in [2.45, 2.75) is 258 Å². The Morgan fingerprint density at radius 1 is 0.364 bits per heavy atom. The molecule has 0 aromatic heterocycles. The van der Waals surface area contributed by atoms with Gasteiger partial charge in [-0.3, -0.25) is 14.4 Å². The molecular weight excluding hydrogens is 685 g/mol. The van der Waals surface area contributed by atoms with E-state index in [1.54, 1.807) is 0 Å². The zero-order valence-corrected chi connectivity index (χ0v) is 36.7. The van der Waals surface area contributed by atoms with Gasteiger partial charge in [0.2, 0.25) is 0 Å². The Kier molecular flexibility index (Phi) is 42.9. The van der Waals surface area contributed by atoms with Gasteiger partial charge in [-0.2, -0.15) is 0 Å². The Labute approximate surface area is 341 Å². The second-order valence-electron chi connectivity index (χ2n) is 16.0. The van der Waals surface area contributed by atoms with Crippen molar-refractivity contribution in [2.24, 2.45) is 0 Å². The summed E-state index contributed by atoms with van der Waals surface area (Å²) >= 11 is 0. The number of hydrogen-bond donors (Lipinski definition) is 0. The summed E-state index contributed by atoms with van der Waals surface area (Å²) in [6, 6.07) is 0. The van der Waals surface area contributed by atoms with E-state index in [4.69, 9.17) is 14.2 Å². The van der Waals surface area contributed by atoms with Crippen LogP contribution in [0.4, 0.5) is 0 Å². The molecule has 0 amide bonds. The van der Waals surface area contributed by atoms with E-state index < -0.39 is 6.10 Å². The van der Waals surface area contributed by atoms with Crippen molar-refractivity contribution >= 4 is 17.9 Å². The van der Waals surface area contributed by atoms with Crippen LogP contribution in [0.25, 0.3) is 0 Å². The van der Waals surface area contributed by atoms with E-state index in [2.05, 4.69) is 45.1 Å². The van der Waals surface area contributed by atoms with Crippen LogP contribution in [0.2, 0.25) is 0 Å². The van der Waals surface area contributed by atoms with Gasteiger partial charge in [-0.25, -0.2) is 0 Å². The monoisotopic (exact) mass is 775 g/mol.